The van der Waals surface area contributed by atoms with E-state index in [1.165, 1.54) is 22.4 Å². The second-order valence-electron chi connectivity index (χ2n) is 16.9. The molecule has 1 aromatic heterocycles. The summed E-state index contributed by atoms with van der Waals surface area (Å²) >= 11 is 0. The number of imide groups is 1. The number of nitrogens with zero attached hydrogens (tertiary/aromatic N) is 6. The smallest absolute Gasteiger partial charge is 0.229 e. The molecule has 0 bridgehead atoms. The second kappa shape index (κ2) is 23.6. The van der Waals surface area contributed by atoms with Gasteiger partial charge < -0.3 is 29.5 Å². The maximum atomic E-state index is 15.9. The number of dihydropyridines is 1. The molecule has 3 fully saturated rings. The van der Waals surface area contributed by atoms with Crippen molar-refractivity contribution >= 4 is 23.8 Å². The summed E-state index contributed by atoms with van der Waals surface area (Å²) in [7, 11) is 0. The van der Waals surface area contributed by atoms with E-state index in [0.717, 1.165) is 101 Å². The van der Waals surface area contributed by atoms with Crippen LogP contribution in [0.15, 0.2) is 100 Å². The summed E-state index contributed by atoms with van der Waals surface area (Å²) in [6, 6.07) is 2.59. The lowest BCUT2D eigenvalue weighted by molar-refractivity contribution is -0.136. The van der Waals surface area contributed by atoms with E-state index < -0.39 is 0 Å². The first-order valence-electron chi connectivity index (χ1n) is 23.4. The van der Waals surface area contributed by atoms with Gasteiger partial charge in [0.2, 0.25) is 11.8 Å². The monoisotopic (exact) mass is 869 g/mol. The Morgan fingerprint density at radius 3 is 2.63 bits per heavy atom. The van der Waals surface area contributed by atoms with Crippen molar-refractivity contribution in [1.82, 2.24) is 29.9 Å². The quantitative estimate of drug-likeness (QED) is 0.0864. The van der Waals surface area contributed by atoms with Crippen molar-refractivity contribution in [3.63, 3.8) is 0 Å². The third kappa shape index (κ3) is 12.6. The van der Waals surface area contributed by atoms with Crippen molar-refractivity contribution in [2.24, 2.45) is 16.8 Å². The first-order valence-corrected chi connectivity index (χ1v) is 23.4. The summed E-state index contributed by atoms with van der Waals surface area (Å²) in [5.41, 5.74) is 7.82. The summed E-state index contributed by atoms with van der Waals surface area (Å²) in [6.45, 7) is 24.3. The number of nitrogens with one attached hydrogen (secondary N) is 2. The zero-order valence-corrected chi connectivity index (χ0v) is 38.5. The van der Waals surface area contributed by atoms with Crippen LogP contribution in [-0.4, -0.2) is 127 Å². The van der Waals surface area contributed by atoms with Gasteiger partial charge in [0.05, 0.1) is 12.3 Å². The van der Waals surface area contributed by atoms with Crippen LogP contribution < -0.4 is 10.6 Å². The van der Waals surface area contributed by atoms with Gasteiger partial charge in [0.15, 0.2) is 0 Å². The zero-order chi connectivity index (χ0) is 44.7. The number of pyridine rings is 1. The first kappa shape index (κ1) is 47.5. The number of halogens is 1. The molecule has 7 rings (SSSR count). The zero-order valence-electron chi connectivity index (χ0n) is 38.5. The van der Waals surface area contributed by atoms with Crippen LogP contribution in [0.5, 0.6) is 0 Å². The molecule has 3 saturated heterocycles. The number of aromatic nitrogens is 1. The highest BCUT2D eigenvalue weighted by Gasteiger charge is 2.36. The maximum absolute atomic E-state index is 15.9. The van der Waals surface area contributed by atoms with Gasteiger partial charge in [-0.3, -0.25) is 24.8 Å². The molecular weight excluding hydrogens is 796 g/mol. The van der Waals surface area contributed by atoms with Crippen LogP contribution in [0.25, 0.3) is 0 Å². The van der Waals surface area contributed by atoms with Gasteiger partial charge in [-0.15, -0.1) is 0 Å². The number of piperazine rings is 1. The number of aliphatic imine (C=N–C) groups is 1. The molecule has 0 spiro atoms. The Morgan fingerprint density at radius 2 is 1.89 bits per heavy atom. The molecule has 12 nitrogen and oxygen atoms in total. The Hall–Kier alpha value is -5.01. The lowest BCUT2D eigenvalue weighted by atomic mass is 9.86. The van der Waals surface area contributed by atoms with Crippen LogP contribution in [0, 0.1) is 11.8 Å². The van der Waals surface area contributed by atoms with Crippen molar-refractivity contribution in [2.45, 2.75) is 92.2 Å². The third-order valence-corrected chi connectivity index (χ3v) is 12.9. The fraction of sp³-hybridized carbons (Fsp3) is 0.560. The normalized spacial score (nSPS) is 22.7. The number of fused-ring (bicyclic) bond motifs is 1. The standard InChI is InChI=1S/C48H65FN8O4.C2H6.H2/c1-5-9-36(43(49)14-16-51-46-27-39-31-56(17-15-38(39)29-52-46)44-10-8-11-45(34(44)4)61-23-22-60-7-3)26-40(6-2)54-18-20-55(21-19-54)42-32-57(33-42)41-25-35(28-50-30-41)24-37-12-13-47(58)53-48(37)59;1-2;/h5-6,9-10,14,25,27,29-30,35,37,42H,1,7-8,11-13,15-24,26,28,31-33H2,2-4H3,(H,51,52)(H,53,58,59);1-2H3;1H/b36-9-,40-6-,43-14+;;. The number of amides is 2. The minimum Gasteiger partial charge on any atom is -0.495 e. The molecule has 344 valence electrons. The van der Waals surface area contributed by atoms with Crippen molar-refractivity contribution in [2.75, 3.05) is 84.0 Å². The molecule has 1 aromatic rings. The summed E-state index contributed by atoms with van der Waals surface area (Å²) in [6.07, 6.45) is 20.8. The number of carbonyl (C=O) groups excluding carboxylic acids is 2. The largest absolute Gasteiger partial charge is 0.495 e. The van der Waals surface area contributed by atoms with Crippen LogP contribution in [-0.2, 0) is 32.0 Å². The molecular formula is C50H73FN8O4. The molecule has 0 radical (unpaired) electrons. The van der Waals surface area contributed by atoms with Crippen molar-refractivity contribution in [1.29, 1.82) is 0 Å². The molecule has 63 heavy (non-hydrogen) atoms. The van der Waals surface area contributed by atoms with Crippen LogP contribution in [0.2, 0.25) is 0 Å². The number of carbonyl (C=O) groups is 2. The number of likely N-dealkylation sites (tertiary alicyclic amines) is 1. The van der Waals surface area contributed by atoms with E-state index in [2.05, 4.69) is 78.0 Å². The summed E-state index contributed by atoms with van der Waals surface area (Å²) < 4.78 is 27.5. The van der Waals surface area contributed by atoms with Crippen LogP contribution in [0.3, 0.4) is 0 Å². The van der Waals surface area contributed by atoms with Crippen LogP contribution in [0.4, 0.5) is 10.2 Å². The molecule has 6 heterocycles. The Kier molecular flexibility index (Phi) is 17.8. The summed E-state index contributed by atoms with van der Waals surface area (Å²) in [5, 5.41) is 5.83. The first-order chi connectivity index (χ1) is 30.7. The van der Waals surface area contributed by atoms with Crippen molar-refractivity contribution in [3.05, 3.63) is 106 Å². The van der Waals surface area contributed by atoms with Crippen molar-refractivity contribution in [3.8, 4) is 0 Å². The number of ether oxygens (including phenoxy) is 2. The third-order valence-electron chi connectivity index (χ3n) is 12.9. The molecule has 2 N–H and O–H groups in total. The highest BCUT2D eigenvalue weighted by atomic mass is 19.1. The van der Waals surface area contributed by atoms with Gasteiger partial charge in [0.1, 0.15) is 24.0 Å². The minimum atomic E-state index is -0.255. The topological polar surface area (TPSA) is 115 Å². The number of allylic oxidation sites excluding steroid dienone is 9. The number of anilines is 1. The molecule has 2 unspecified atom stereocenters. The molecule has 0 saturated carbocycles. The average molecular weight is 869 g/mol. The van der Waals surface area contributed by atoms with Gasteiger partial charge in [-0.1, -0.05) is 50.8 Å². The summed E-state index contributed by atoms with van der Waals surface area (Å²) in [4.78, 5) is 43.0. The molecule has 0 aromatic carbocycles. The maximum Gasteiger partial charge on any atom is 0.229 e. The number of hydrogen-bond acceptors (Lipinski definition) is 11. The fourth-order valence-electron chi connectivity index (χ4n) is 9.36. The van der Waals surface area contributed by atoms with Gasteiger partial charge in [-0.2, -0.15) is 0 Å². The molecule has 2 amide bonds. The van der Waals surface area contributed by atoms with E-state index in [1.54, 1.807) is 18.2 Å². The Morgan fingerprint density at radius 1 is 1.08 bits per heavy atom. The van der Waals surface area contributed by atoms with Gasteiger partial charge in [-0.05, 0) is 81.2 Å². The Labute approximate surface area is 376 Å². The van der Waals surface area contributed by atoms with Gasteiger partial charge >= 0.3 is 0 Å². The number of rotatable bonds is 18. The van der Waals surface area contributed by atoms with Gasteiger partial charge in [0, 0.05) is 134 Å². The van der Waals surface area contributed by atoms with Gasteiger partial charge in [-0.25, -0.2) is 9.37 Å². The Balaban J connectivity index is 0.00000253. The van der Waals surface area contributed by atoms with Crippen molar-refractivity contribution < 1.29 is 24.9 Å². The molecule has 6 aliphatic rings. The van der Waals surface area contributed by atoms with E-state index >= 15 is 4.39 Å². The SMILES string of the molecule is C=C/C=C(C/C(=C/C)N1CCN(C2CN(C3=CC(CC4CCC(=O)NC4=O)CN=C3)C2)CC1)\C(F)=C/CNc1cc2c(cn1)CCN(C1=CCCC(OCCOCC)=C1C)C2.CC.[HH]. The number of piperidine rings is 1. The average Bonchev–Trinajstić information content (AvgIpc) is 3.28. The van der Waals surface area contributed by atoms with E-state index in [-0.39, 0.29) is 30.9 Å². The van der Waals surface area contributed by atoms with E-state index in [0.29, 0.717) is 63.8 Å². The van der Waals surface area contributed by atoms with Crippen LogP contribution in [0.1, 0.15) is 85.7 Å². The van der Waals surface area contributed by atoms with Crippen LogP contribution >= 0.6 is 0 Å². The lowest BCUT2D eigenvalue weighted by Crippen LogP contribution is -2.62. The highest BCUT2D eigenvalue weighted by molar-refractivity contribution is 5.98. The predicted molar refractivity (Wildman–Crippen MR) is 253 cm³/mol. The minimum absolute atomic E-state index is 0. The summed E-state index contributed by atoms with van der Waals surface area (Å²) in [5.74, 6) is 1.31. The molecule has 5 aliphatic heterocycles. The van der Waals surface area contributed by atoms with E-state index in [1.807, 2.05) is 40.1 Å². The highest BCUT2D eigenvalue weighted by Crippen LogP contribution is 2.33. The predicted octanol–water partition coefficient (Wildman–Crippen LogP) is 7.72. The van der Waals surface area contributed by atoms with Gasteiger partial charge in [0.25, 0.3) is 0 Å². The molecule has 13 heteroatoms. The Bertz CT molecular complexity index is 1990. The second-order valence-corrected chi connectivity index (χ2v) is 16.9. The number of hydrogen-bond donors (Lipinski definition) is 2. The van der Waals surface area contributed by atoms with E-state index in [9.17, 15) is 9.59 Å². The molecule has 1 aliphatic carbocycles. The fourth-order valence-corrected chi connectivity index (χ4v) is 9.36. The van der Waals surface area contributed by atoms with E-state index in [4.69, 9.17) is 9.47 Å². The lowest BCUT2D eigenvalue weighted by Gasteiger charge is -2.50. The molecule has 2 atom stereocenters.